The lowest BCUT2D eigenvalue weighted by Gasteiger charge is -2.26. The number of benzene rings is 2. The number of aryl methyl sites for hydroxylation is 1. The van der Waals surface area contributed by atoms with E-state index in [0.717, 1.165) is 24.8 Å². The summed E-state index contributed by atoms with van der Waals surface area (Å²) < 4.78 is 5.01. The molecule has 0 saturated heterocycles. The molecule has 7 heteroatoms. The molecule has 0 saturated carbocycles. The average Bonchev–Trinajstić information content (AvgIpc) is 2.73. The van der Waals surface area contributed by atoms with Gasteiger partial charge in [0.1, 0.15) is 0 Å². The zero-order valence-corrected chi connectivity index (χ0v) is 16.1. The van der Waals surface area contributed by atoms with Gasteiger partial charge in [-0.05, 0) is 42.5 Å². The summed E-state index contributed by atoms with van der Waals surface area (Å²) in [5, 5.41) is 8.16. The van der Waals surface area contributed by atoms with Crippen molar-refractivity contribution in [1.82, 2.24) is 10.6 Å². The SMILES string of the molecule is O=C(COC(=O)CCNC(=O)Nc1ccccc1)N[C@@H]1CCCc2ccccc21. The Bertz CT molecular complexity index is 854. The molecule has 1 aliphatic carbocycles. The van der Waals surface area contributed by atoms with Crippen LogP contribution in [0.1, 0.15) is 36.4 Å². The third kappa shape index (κ3) is 6.34. The summed E-state index contributed by atoms with van der Waals surface area (Å²) in [7, 11) is 0. The molecule has 0 aromatic heterocycles. The number of amides is 3. The van der Waals surface area contributed by atoms with Crippen LogP contribution in [0, 0.1) is 0 Å². The highest BCUT2D eigenvalue weighted by molar-refractivity contribution is 5.89. The Labute approximate surface area is 169 Å². The Morgan fingerprint density at radius 1 is 1.00 bits per heavy atom. The highest BCUT2D eigenvalue weighted by Gasteiger charge is 2.21. The monoisotopic (exact) mass is 395 g/mol. The van der Waals surface area contributed by atoms with Crippen molar-refractivity contribution in [3.05, 3.63) is 65.7 Å². The lowest BCUT2D eigenvalue weighted by Crippen LogP contribution is -2.35. The summed E-state index contributed by atoms with van der Waals surface area (Å²) in [6.07, 6.45) is 2.89. The van der Waals surface area contributed by atoms with Crippen LogP contribution in [0.15, 0.2) is 54.6 Å². The number of anilines is 1. The molecule has 3 rings (SSSR count). The Kier molecular flexibility index (Phi) is 7.22. The maximum atomic E-state index is 12.1. The molecule has 3 N–H and O–H groups in total. The summed E-state index contributed by atoms with van der Waals surface area (Å²) in [4.78, 5) is 35.7. The molecular weight excluding hydrogens is 370 g/mol. The quantitative estimate of drug-likeness (QED) is 0.628. The third-order valence-corrected chi connectivity index (χ3v) is 4.72. The fraction of sp³-hybridized carbons (Fsp3) is 0.318. The zero-order chi connectivity index (χ0) is 20.5. The van der Waals surface area contributed by atoms with Crippen molar-refractivity contribution in [2.75, 3.05) is 18.5 Å². The van der Waals surface area contributed by atoms with Gasteiger partial charge in [-0.3, -0.25) is 9.59 Å². The molecule has 0 spiro atoms. The first-order valence-electron chi connectivity index (χ1n) is 9.74. The summed E-state index contributed by atoms with van der Waals surface area (Å²) in [6, 6.07) is 16.6. The molecule has 2 aromatic rings. The van der Waals surface area contributed by atoms with Crippen LogP contribution in [0.25, 0.3) is 0 Å². The Balaban J connectivity index is 1.33. The number of ether oxygens (including phenoxy) is 1. The van der Waals surface area contributed by atoms with Crippen LogP contribution in [0.3, 0.4) is 0 Å². The fourth-order valence-corrected chi connectivity index (χ4v) is 3.33. The van der Waals surface area contributed by atoms with Crippen LogP contribution in [0.2, 0.25) is 0 Å². The molecule has 0 fully saturated rings. The lowest BCUT2D eigenvalue weighted by atomic mass is 9.88. The van der Waals surface area contributed by atoms with Gasteiger partial charge in [-0.1, -0.05) is 42.5 Å². The first-order valence-corrected chi connectivity index (χ1v) is 9.74. The maximum Gasteiger partial charge on any atom is 0.319 e. The first-order chi connectivity index (χ1) is 14.1. The van der Waals surface area contributed by atoms with Crippen LogP contribution in [-0.4, -0.2) is 31.1 Å². The van der Waals surface area contributed by atoms with Gasteiger partial charge in [-0.25, -0.2) is 4.79 Å². The van der Waals surface area contributed by atoms with Crippen LogP contribution in [0.4, 0.5) is 10.5 Å². The Morgan fingerprint density at radius 2 is 1.76 bits per heavy atom. The molecule has 0 heterocycles. The van der Waals surface area contributed by atoms with Crippen LogP contribution < -0.4 is 16.0 Å². The van der Waals surface area contributed by atoms with Crippen molar-refractivity contribution in [1.29, 1.82) is 0 Å². The van der Waals surface area contributed by atoms with E-state index in [1.807, 2.05) is 36.4 Å². The number of fused-ring (bicyclic) bond motifs is 1. The number of hydrogen-bond acceptors (Lipinski definition) is 4. The van der Waals surface area contributed by atoms with Crippen molar-refractivity contribution >= 4 is 23.6 Å². The molecule has 29 heavy (non-hydrogen) atoms. The van der Waals surface area contributed by atoms with E-state index in [0.29, 0.717) is 5.69 Å². The van der Waals surface area contributed by atoms with E-state index >= 15 is 0 Å². The zero-order valence-electron chi connectivity index (χ0n) is 16.1. The number of rotatable bonds is 7. The first kappa shape index (κ1) is 20.4. The van der Waals surface area contributed by atoms with Crippen LogP contribution in [0.5, 0.6) is 0 Å². The van der Waals surface area contributed by atoms with Crippen LogP contribution >= 0.6 is 0 Å². The standard InChI is InChI=1S/C22H25N3O4/c26-20(25-19-12-6-8-16-7-4-5-11-18(16)19)15-29-21(27)13-14-23-22(28)24-17-9-2-1-3-10-17/h1-5,7,9-11,19H,6,8,12-15H2,(H,25,26)(H2,23,24,28)/t19-/m1/s1. The summed E-state index contributed by atoms with van der Waals surface area (Å²) in [6.45, 7) is -0.206. The van der Waals surface area contributed by atoms with E-state index in [2.05, 4.69) is 22.0 Å². The van der Waals surface area contributed by atoms with Gasteiger partial charge in [0.2, 0.25) is 0 Å². The second-order valence-corrected chi connectivity index (χ2v) is 6.87. The predicted octanol–water partition coefficient (Wildman–Crippen LogP) is 2.94. The fourth-order valence-electron chi connectivity index (χ4n) is 3.33. The normalized spacial score (nSPS) is 15.0. The molecule has 152 valence electrons. The molecule has 1 aliphatic rings. The van der Waals surface area contributed by atoms with Crippen molar-refractivity contribution in [3.8, 4) is 0 Å². The molecule has 0 radical (unpaired) electrons. The highest BCUT2D eigenvalue weighted by atomic mass is 16.5. The average molecular weight is 395 g/mol. The highest BCUT2D eigenvalue weighted by Crippen LogP contribution is 2.29. The second-order valence-electron chi connectivity index (χ2n) is 6.87. The largest absolute Gasteiger partial charge is 0.456 e. The van der Waals surface area contributed by atoms with E-state index in [-0.39, 0.29) is 31.5 Å². The molecule has 2 aromatic carbocycles. The molecule has 1 atom stereocenters. The van der Waals surface area contributed by atoms with Crippen molar-refractivity contribution < 1.29 is 19.1 Å². The minimum atomic E-state index is -0.538. The van der Waals surface area contributed by atoms with Crippen LogP contribution in [-0.2, 0) is 20.7 Å². The van der Waals surface area contributed by atoms with Crippen molar-refractivity contribution in [3.63, 3.8) is 0 Å². The summed E-state index contributed by atoms with van der Waals surface area (Å²) in [5.41, 5.74) is 3.04. The third-order valence-electron chi connectivity index (χ3n) is 4.72. The smallest absolute Gasteiger partial charge is 0.319 e. The number of nitrogens with one attached hydrogen (secondary N) is 3. The Morgan fingerprint density at radius 3 is 2.59 bits per heavy atom. The number of esters is 1. The number of carbonyl (C=O) groups excluding carboxylic acids is 3. The van der Waals surface area contributed by atoms with Gasteiger partial charge in [0.05, 0.1) is 12.5 Å². The molecular formula is C22H25N3O4. The number of urea groups is 1. The molecule has 0 aliphatic heterocycles. The summed E-state index contributed by atoms with van der Waals surface area (Å²) >= 11 is 0. The molecule has 3 amide bonds. The minimum absolute atomic E-state index is 0.0122. The Hall–Kier alpha value is -3.35. The predicted molar refractivity (Wildman–Crippen MR) is 109 cm³/mol. The maximum absolute atomic E-state index is 12.1. The topological polar surface area (TPSA) is 96.5 Å². The van der Waals surface area contributed by atoms with E-state index in [9.17, 15) is 14.4 Å². The van der Waals surface area contributed by atoms with Gasteiger partial charge in [0.15, 0.2) is 6.61 Å². The van der Waals surface area contributed by atoms with E-state index in [1.54, 1.807) is 12.1 Å². The summed E-state index contributed by atoms with van der Waals surface area (Å²) in [5.74, 6) is -0.862. The van der Waals surface area contributed by atoms with E-state index in [1.165, 1.54) is 5.56 Å². The van der Waals surface area contributed by atoms with Crippen molar-refractivity contribution in [2.45, 2.75) is 31.7 Å². The second kappa shape index (κ2) is 10.3. The van der Waals surface area contributed by atoms with Crippen molar-refractivity contribution in [2.24, 2.45) is 0 Å². The minimum Gasteiger partial charge on any atom is -0.456 e. The van der Waals surface area contributed by atoms with Gasteiger partial charge in [-0.15, -0.1) is 0 Å². The number of para-hydroxylation sites is 1. The van der Waals surface area contributed by atoms with Gasteiger partial charge in [-0.2, -0.15) is 0 Å². The van der Waals surface area contributed by atoms with Gasteiger partial charge in [0.25, 0.3) is 5.91 Å². The van der Waals surface area contributed by atoms with Gasteiger partial charge >= 0.3 is 12.0 Å². The number of hydrogen-bond donors (Lipinski definition) is 3. The van der Waals surface area contributed by atoms with E-state index < -0.39 is 12.0 Å². The van der Waals surface area contributed by atoms with Gasteiger partial charge in [0, 0.05) is 12.2 Å². The van der Waals surface area contributed by atoms with Gasteiger partial charge < -0.3 is 20.7 Å². The lowest BCUT2D eigenvalue weighted by molar-refractivity contribution is -0.148. The molecule has 7 nitrogen and oxygen atoms in total. The van der Waals surface area contributed by atoms with E-state index in [4.69, 9.17) is 4.74 Å². The number of carbonyl (C=O) groups is 3. The molecule has 0 bridgehead atoms. The molecule has 0 unspecified atom stereocenters.